The van der Waals surface area contributed by atoms with E-state index in [-0.39, 0.29) is 11.7 Å². The van der Waals surface area contributed by atoms with E-state index >= 15 is 0 Å². The molecule has 0 N–H and O–H groups in total. The average Bonchev–Trinajstić information content (AvgIpc) is 2.83. The Morgan fingerprint density at radius 2 is 1.83 bits per heavy atom. The van der Waals surface area contributed by atoms with Crippen LogP contribution in [0.3, 0.4) is 0 Å². The average molecular weight is 326 g/mol. The zero-order valence-corrected chi connectivity index (χ0v) is 14.0. The van der Waals surface area contributed by atoms with Crippen molar-refractivity contribution in [3.05, 3.63) is 71.0 Å². The minimum absolute atomic E-state index is 0.0615. The maximum absolute atomic E-state index is 13.5. The Bertz CT molecular complexity index is 702. The number of hydrogen-bond acceptors (Lipinski definition) is 2. The molecule has 3 nitrogen and oxygen atoms in total. The van der Waals surface area contributed by atoms with E-state index in [0.29, 0.717) is 12.1 Å². The number of carbonyl (C=O) groups excluding carboxylic acids is 1. The van der Waals surface area contributed by atoms with Crippen molar-refractivity contribution in [2.24, 2.45) is 0 Å². The summed E-state index contributed by atoms with van der Waals surface area (Å²) in [5.41, 5.74) is 2.59. The molecule has 2 aromatic rings. The molecule has 0 unspecified atom stereocenters. The number of carbonyl (C=O) groups is 1. The Labute approximate surface area is 142 Å². The summed E-state index contributed by atoms with van der Waals surface area (Å²) in [6, 6.07) is 14.8. The number of amides is 1. The first-order valence-corrected chi connectivity index (χ1v) is 8.45. The molecule has 24 heavy (non-hydrogen) atoms. The van der Waals surface area contributed by atoms with Gasteiger partial charge in [0, 0.05) is 38.3 Å². The molecule has 0 spiro atoms. The molecule has 0 bridgehead atoms. The van der Waals surface area contributed by atoms with Gasteiger partial charge in [0.05, 0.1) is 0 Å². The lowest BCUT2D eigenvalue weighted by molar-refractivity contribution is 0.0760. The third-order valence-electron chi connectivity index (χ3n) is 4.55. The molecule has 0 radical (unpaired) electrons. The standard InChI is InChI=1S/C20H23FN2O/c1-16-8-9-18(21)14-19(16)20(24)23-11-5-10-22(12-13-23)15-17-6-3-2-4-7-17/h2-4,6-9,14H,5,10-13,15H2,1H3. The molecule has 3 rings (SSSR count). The summed E-state index contributed by atoms with van der Waals surface area (Å²) < 4.78 is 13.5. The fourth-order valence-electron chi connectivity index (χ4n) is 3.17. The SMILES string of the molecule is Cc1ccc(F)cc1C(=O)N1CCCN(Cc2ccccc2)CC1. The van der Waals surface area contributed by atoms with E-state index in [1.54, 1.807) is 6.07 Å². The molecule has 0 saturated carbocycles. The van der Waals surface area contributed by atoms with Gasteiger partial charge in [-0.3, -0.25) is 9.69 Å². The second-order valence-electron chi connectivity index (χ2n) is 6.37. The number of halogens is 1. The normalized spacial score (nSPS) is 16.0. The van der Waals surface area contributed by atoms with Crippen LogP contribution in [-0.4, -0.2) is 41.9 Å². The number of hydrogen-bond donors (Lipinski definition) is 0. The van der Waals surface area contributed by atoms with Crippen molar-refractivity contribution in [1.29, 1.82) is 0 Å². The van der Waals surface area contributed by atoms with Crippen molar-refractivity contribution in [3.63, 3.8) is 0 Å². The van der Waals surface area contributed by atoms with Gasteiger partial charge >= 0.3 is 0 Å². The maximum Gasteiger partial charge on any atom is 0.254 e. The van der Waals surface area contributed by atoms with Crippen molar-refractivity contribution in [1.82, 2.24) is 9.80 Å². The summed E-state index contributed by atoms with van der Waals surface area (Å²) in [7, 11) is 0. The van der Waals surface area contributed by atoms with Crippen LogP contribution in [0.5, 0.6) is 0 Å². The topological polar surface area (TPSA) is 23.6 Å². The van der Waals surface area contributed by atoms with Gasteiger partial charge in [-0.2, -0.15) is 0 Å². The van der Waals surface area contributed by atoms with Gasteiger partial charge in [-0.1, -0.05) is 36.4 Å². The first-order chi connectivity index (χ1) is 11.6. The predicted octanol–water partition coefficient (Wildman–Crippen LogP) is 3.48. The van der Waals surface area contributed by atoms with Crippen molar-refractivity contribution < 1.29 is 9.18 Å². The molecule has 2 aromatic carbocycles. The molecule has 1 aliphatic rings. The van der Waals surface area contributed by atoms with Crippen LogP contribution in [0.1, 0.15) is 27.9 Å². The Morgan fingerprint density at radius 3 is 2.62 bits per heavy atom. The van der Waals surface area contributed by atoms with E-state index in [1.165, 1.54) is 17.7 Å². The number of rotatable bonds is 3. The lowest BCUT2D eigenvalue weighted by Gasteiger charge is -2.22. The molecule has 1 fully saturated rings. The van der Waals surface area contributed by atoms with Gasteiger partial charge in [0.15, 0.2) is 0 Å². The quantitative estimate of drug-likeness (QED) is 0.862. The van der Waals surface area contributed by atoms with Crippen LogP contribution in [-0.2, 0) is 6.54 Å². The van der Waals surface area contributed by atoms with Gasteiger partial charge in [0.1, 0.15) is 5.82 Å². The van der Waals surface area contributed by atoms with Crippen LogP contribution < -0.4 is 0 Å². The van der Waals surface area contributed by atoms with Crippen LogP contribution in [0.15, 0.2) is 48.5 Å². The van der Waals surface area contributed by atoms with E-state index in [9.17, 15) is 9.18 Å². The fraction of sp³-hybridized carbons (Fsp3) is 0.350. The third kappa shape index (κ3) is 4.01. The highest BCUT2D eigenvalue weighted by Crippen LogP contribution is 2.15. The molecule has 1 heterocycles. The first-order valence-electron chi connectivity index (χ1n) is 8.45. The number of benzene rings is 2. The van der Waals surface area contributed by atoms with Gasteiger partial charge in [-0.05, 0) is 36.6 Å². The second kappa shape index (κ2) is 7.58. The minimum Gasteiger partial charge on any atom is -0.337 e. The van der Waals surface area contributed by atoms with Crippen LogP contribution in [0, 0.1) is 12.7 Å². The molecule has 126 valence electrons. The monoisotopic (exact) mass is 326 g/mol. The molecular formula is C20H23FN2O. The van der Waals surface area contributed by atoms with Crippen LogP contribution in [0.4, 0.5) is 4.39 Å². The van der Waals surface area contributed by atoms with Gasteiger partial charge in [-0.15, -0.1) is 0 Å². The lowest BCUT2D eigenvalue weighted by atomic mass is 10.1. The summed E-state index contributed by atoms with van der Waals surface area (Å²) in [5.74, 6) is -0.418. The van der Waals surface area contributed by atoms with Crippen LogP contribution in [0.25, 0.3) is 0 Å². The smallest absolute Gasteiger partial charge is 0.254 e. The highest BCUT2D eigenvalue weighted by Gasteiger charge is 2.21. The summed E-state index contributed by atoms with van der Waals surface area (Å²) in [5, 5.41) is 0. The summed E-state index contributed by atoms with van der Waals surface area (Å²) in [6.45, 7) is 5.98. The molecule has 1 aliphatic heterocycles. The van der Waals surface area contributed by atoms with E-state index < -0.39 is 0 Å². The molecule has 1 amide bonds. The minimum atomic E-state index is -0.357. The van der Waals surface area contributed by atoms with Gasteiger partial charge in [0.25, 0.3) is 5.91 Å². The largest absolute Gasteiger partial charge is 0.337 e. The van der Waals surface area contributed by atoms with Crippen molar-refractivity contribution >= 4 is 5.91 Å². The van der Waals surface area contributed by atoms with Crippen molar-refractivity contribution in [3.8, 4) is 0 Å². The first kappa shape index (κ1) is 16.7. The van der Waals surface area contributed by atoms with Gasteiger partial charge < -0.3 is 4.90 Å². The molecular weight excluding hydrogens is 303 g/mol. The number of nitrogens with zero attached hydrogens (tertiary/aromatic N) is 2. The van der Waals surface area contributed by atoms with Crippen molar-refractivity contribution in [2.45, 2.75) is 19.9 Å². The predicted molar refractivity (Wildman–Crippen MR) is 93.4 cm³/mol. The summed E-state index contributed by atoms with van der Waals surface area (Å²) in [4.78, 5) is 17.0. The lowest BCUT2D eigenvalue weighted by Crippen LogP contribution is -2.35. The Morgan fingerprint density at radius 1 is 1.04 bits per heavy atom. The second-order valence-corrected chi connectivity index (χ2v) is 6.37. The van der Waals surface area contributed by atoms with Crippen LogP contribution in [0.2, 0.25) is 0 Å². The van der Waals surface area contributed by atoms with E-state index in [4.69, 9.17) is 0 Å². The van der Waals surface area contributed by atoms with E-state index in [2.05, 4.69) is 29.2 Å². The Kier molecular flexibility index (Phi) is 5.26. The molecule has 0 atom stereocenters. The van der Waals surface area contributed by atoms with Gasteiger partial charge in [0.2, 0.25) is 0 Å². The molecule has 1 saturated heterocycles. The fourth-order valence-corrected chi connectivity index (χ4v) is 3.17. The Hall–Kier alpha value is -2.20. The number of aryl methyl sites for hydroxylation is 1. The molecule has 4 heteroatoms. The Balaban J connectivity index is 1.65. The zero-order chi connectivity index (χ0) is 16.9. The van der Waals surface area contributed by atoms with Crippen molar-refractivity contribution in [2.75, 3.05) is 26.2 Å². The molecule has 0 aromatic heterocycles. The molecule has 0 aliphatic carbocycles. The maximum atomic E-state index is 13.5. The third-order valence-corrected chi connectivity index (χ3v) is 4.55. The highest BCUT2D eigenvalue weighted by molar-refractivity contribution is 5.95. The van der Waals surface area contributed by atoms with Crippen LogP contribution >= 0.6 is 0 Å². The van der Waals surface area contributed by atoms with E-state index in [1.807, 2.05) is 17.9 Å². The highest BCUT2D eigenvalue weighted by atomic mass is 19.1. The van der Waals surface area contributed by atoms with E-state index in [0.717, 1.165) is 38.2 Å². The van der Waals surface area contributed by atoms with Gasteiger partial charge in [-0.25, -0.2) is 4.39 Å². The summed E-state index contributed by atoms with van der Waals surface area (Å²) in [6.07, 6.45) is 0.937. The zero-order valence-electron chi connectivity index (χ0n) is 14.0. The summed E-state index contributed by atoms with van der Waals surface area (Å²) >= 11 is 0.